The van der Waals surface area contributed by atoms with Crippen molar-refractivity contribution in [2.75, 3.05) is 18.8 Å². The quantitative estimate of drug-likeness (QED) is 0.648. The van der Waals surface area contributed by atoms with Crippen LogP contribution < -0.4 is 0 Å². The van der Waals surface area contributed by atoms with Gasteiger partial charge in [-0.3, -0.25) is 15.0 Å². The lowest BCUT2D eigenvalue weighted by Gasteiger charge is -2.25. The Kier molecular flexibility index (Phi) is 4.14. The number of imidazole rings is 1. The summed E-state index contributed by atoms with van der Waals surface area (Å²) in [5, 5.41) is 10.6. The first kappa shape index (κ1) is 15.6. The van der Waals surface area contributed by atoms with Crippen LogP contribution in [0.3, 0.4) is 0 Å². The summed E-state index contributed by atoms with van der Waals surface area (Å²) in [6, 6.07) is 5.00. The molecule has 2 aromatic rings. The Balaban J connectivity index is 1.64. The van der Waals surface area contributed by atoms with Crippen LogP contribution in [-0.2, 0) is 22.8 Å². The summed E-state index contributed by atoms with van der Waals surface area (Å²) < 4.78 is 24.7. The highest BCUT2D eigenvalue weighted by molar-refractivity contribution is 7.91. The molecule has 8 nitrogen and oxygen atoms in total. The van der Waals surface area contributed by atoms with Gasteiger partial charge < -0.3 is 4.98 Å². The second-order valence-corrected chi connectivity index (χ2v) is 7.53. The number of rotatable bonds is 5. The molecule has 9 heteroatoms. The maximum absolute atomic E-state index is 12.3. The molecule has 1 aromatic heterocycles. The molecule has 0 atom stereocenters. The van der Waals surface area contributed by atoms with Crippen LogP contribution in [0.5, 0.6) is 0 Å². The number of benzene rings is 1. The van der Waals surface area contributed by atoms with Crippen LogP contribution in [-0.4, -0.2) is 47.1 Å². The van der Waals surface area contributed by atoms with Gasteiger partial charge >= 0.3 is 0 Å². The highest BCUT2D eigenvalue weighted by Gasteiger charge is 2.21. The Morgan fingerprint density at radius 3 is 2.74 bits per heavy atom. The SMILES string of the molecule is O=[N+]([O-])c1ccc(S(=O)(=O)CCN2CCc3nc[nH]c3C2)cc1. The van der Waals surface area contributed by atoms with Crippen molar-refractivity contribution in [1.82, 2.24) is 14.9 Å². The van der Waals surface area contributed by atoms with Crippen molar-refractivity contribution >= 4 is 15.5 Å². The molecule has 0 spiro atoms. The smallest absolute Gasteiger partial charge is 0.269 e. The fourth-order valence-electron chi connectivity index (χ4n) is 2.60. The molecule has 2 heterocycles. The van der Waals surface area contributed by atoms with Gasteiger partial charge in [0.2, 0.25) is 0 Å². The third-order valence-corrected chi connectivity index (χ3v) is 5.65. The number of H-pyrrole nitrogens is 1. The molecule has 0 radical (unpaired) electrons. The molecule has 1 aliphatic heterocycles. The standard InChI is InChI=1S/C14H16N4O4S/c19-18(20)11-1-3-12(4-2-11)23(21,22)8-7-17-6-5-13-14(9-17)16-10-15-13/h1-4,10H,5-9H2,(H,15,16). The lowest BCUT2D eigenvalue weighted by Crippen LogP contribution is -2.34. The largest absolute Gasteiger partial charge is 0.347 e. The minimum absolute atomic E-state index is 0.0196. The van der Waals surface area contributed by atoms with Gasteiger partial charge in [-0.05, 0) is 12.1 Å². The van der Waals surface area contributed by atoms with Gasteiger partial charge in [0.05, 0.1) is 33.3 Å². The van der Waals surface area contributed by atoms with Crippen molar-refractivity contribution in [2.24, 2.45) is 0 Å². The molecule has 1 N–H and O–H groups in total. The Bertz CT molecular complexity index is 814. The van der Waals surface area contributed by atoms with Crippen molar-refractivity contribution in [2.45, 2.75) is 17.9 Å². The van der Waals surface area contributed by atoms with Crippen LogP contribution in [0.1, 0.15) is 11.4 Å². The number of hydrogen-bond acceptors (Lipinski definition) is 6. The zero-order valence-electron chi connectivity index (χ0n) is 12.3. The second kappa shape index (κ2) is 6.09. The summed E-state index contributed by atoms with van der Waals surface area (Å²) in [6.07, 6.45) is 2.46. The van der Waals surface area contributed by atoms with Crippen LogP contribution >= 0.6 is 0 Å². The highest BCUT2D eigenvalue weighted by Crippen LogP contribution is 2.18. The molecule has 0 aliphatic carbocycles. The number of nitro groups is 1. The molecule has 0 unspecified atom stereocenters. The molecule has 122 valence electrons. The minimum atomic E-state index is -3.46. The molecule has 1 aromatic carbocycles. The van der Waals surface area contributed by atoms with Crippen LogP contribution in [0, 0.1) is 10.1 Å². The van der Waals surface area contributed by atoms with Gasteiger partial charge in [-0.1, -0.05) is 0 Å². The number of nitrogens with one attached hydrogen (secondary N) is 1. The number of nitro benzene ring substituents is 1. The molecular weight excluding hydrogens is 320 g/mol. The normalized spacial score (nSPS) is 15.3. The van der Waals surface area contributed by atoms with Crippen molar-refractivity contribution < 1.29 is 13.3 Å². The topological polar surface area (TPSA) is 109 Å². The third-order valence-electron chi connectivity index (χ3n) is 3.94. The number of nitrogens with zero attached hydrogens (tertiary/aromatic N) is 3. The first-order valence-electron chi connectivity index (χ1n) is 7.16. The van der Waals surface area contributed by atoms with Gasteiger partial charge in [-0.15, -0.1) is 0 Å². The first-order valence-corrected chi connectivity index (χ1v) is 8.81. The predicted molar refractivity (Wildman–Crippen MR) is 82.7 cm³/mol. The number of aromatic nitrogens is 2. The van der Waals surface area contributed by atoms with E-state index in [-0.39, 0.29) is 16.3 Å². The van der Waals surface area contributed by atoms with E-state index in [9.17, 15) is 18.5 Å². The first-order chi connectivity index (χ1) is 11.0. The van der Waals surface area contributed by atoms with Gasteiger partial charge in [0.1, 0.15) is 0 Å². The van der Waals surface area contributed by atoms with E-state index in [0.29, 0.717) is 13.1 Å². The van der Waals surface area contributed by atoms with E-state index in [1.54, 1.807) is 6.33 Å². The molecule has 0 saturated heterocycles. The number of non-ortho nitro benzene ring substituents is 1. The van der Waals surface area contributed by atoms with Crippen LogP contribution in [0.2, 0.25) is 0 Å². The Labute approximate surface area is 133 Å². The maximum atomic E-state index is 12.3. The number of fused-ring (bicyclic) bond motifs is 1. The Morgan fingerprint density at radius 1 is 1.30 bits per heavy atom. The Morgan fingerprint density at radius 2 is 2.04 bits per heavy atom. The van der Waals surface area contributed by atoms with E-state index >= 15 is 0 Å². The minimum Gasteiger partial charge on any atom is -0.347 e. The summed E-state index contributed by atoms with van der Waals surface area (Å²) in [7, 11) is -3.46. The summed E-state index contributed by atoms with van der Waals surface area (Å²) in [5.74, 6) is -0.0196. The van der Waals surface area contributed by atoms with E-state index in [1.165, 1.54) is 24.3 Å². The number of hydrogen-bond donors (Lipinski definition) is 1. The average molecular weight is 336 g/mol. The number of aromatic amines is 1. The van der Waals surface area contributed by atoms with Crippen molar-refractivity contribution in [3.05, 3.63) is 52.1 Å². The summed E-state index contributed by atoms with van der Waals surface area (Å²) >= 11 is 0. The fraction of sp³-hybridized carbons (Fsp3) is 0.357. The highest BCUT2D eigenvalue weighted by atomic mass is 32.2. The molecule has 0 fully saturated rings. The number of sulfone groups is 1. The molecule has 0 amide bonds. The van der Waals surface area contributed by atoms with Gasteiger partial charge in [-0.2, -0.15) is 0 Å². The molecule has 23 heavy (non-hydrogen) atoms. The maximum Gasteiger partial charge on any atom is 0.269 e. The summed E-state index contributed by atoms with van der Waals surface area (Å²) in [6.45, 7) is 1.84. The van der Waals surface area contributed by atoms with Crippen LogP contribution in [0.25, 0.3) is 0 Å². The molecule has 1 aliphatic rings. The van der Waals surface area contributed by atoms with Crippen molar-refractivity contribution in [3.63, 3.8) is 0 Å². The lowest BCUT2D eigenvalue weighted by atomic mass is 10.1. The molecule has 0 saturated carbocycles. The van der Waals surface area contributed by atoms with E-state index in [1.807, 2.05) is 0 Å². The average Bonchev–Trinajstić information content (AvgIpc) is 3.01. The zero-order valence-corrected chi connectivity index (χ0v) is 13.1. The van der Waals surface area contributed by atoms with E-state index in [2.05, 4.69) is 14.9 Å². The van der Waals surface area contributed by atoms with Gasteiger partial charge in [0.15, 0.2) is 9.84 Å². The van der Waals surface area contributed by atoms with E-state index in [0.717, 1.165) is 24.4 Å². The fourth-order valence-corrected chi connectivity index (χ4v) is 3.89. The second-order valence-electron chi connectivity index (χ2n) is 5.42. The van der Waals surface area contributed by atoms with E-state index in [4.69, 9.17) is 0 Å². The third kappa shape index (κ3) is 3.40. The van der Waals surface area contributed by atoms with E-state index < -0.39 is 14.8 Å². The van der Waals surface area contributed by atoms with Crippen LogP contribution in [0.15, 0.2) is 35.5 Å². The summed E-state index contributed by atoms with van der Waals surface area (Å²) in [4.78, 5) is 19.5. The van der Waals surface area contributed by atoms with Crippen molar-refractivity contribution in [3.8, 4) is 0 Å². The van der Waals surface area contributed by atoms with Gasteiger partial charge in [-0.25, -0.2) is 13.4 Å². The van der Waals surface area contributed by atoms with Gasteiger partial charge in [0.25, 0.3) is 5.69 Å². The van der Waals surface area contributed by atoms with Gasteiger partial charge in [0, 0.05) is 38.2 Å². The molecule has 0 bridgehead atoms. The van der Waals surface area contributed by atoms with Crippen LogP contribution in [0.4, 0.5) is 5.69 Å². The summed E-state index contributed by atoms with van der Waals surface area (Å²) in [5.41, 5.74) is 1.95. The molecular formula is C14H16N4O4S. The van der Waals surface area contributed by atoms with Crippen molar-refractivity contribution in [1.29, 1.82) is 0 Å². The zero-order chi connectivity index (χ0) is 16.4. The Hall–Kier alpha value is -2.26. The molecule has 3 rings (SSSR count). The predicted octanol–water partition coefficient (Wildman–Crippen LogP) is 1.15. The monoisotopic (exact) mass is 336 g/mol. The lowest BCUT2D eigenvalue weighted by molar-refractivity contribution is -0.384.